The van der Waals surface area contributed by atoms with E-state index in [0.29, 0.717) is 13.2 Å². The number of methoxy groups -OCH3 is 1. The maximum absolute atomic E-state index is 13.3. The minimum Gasteiger partial charge on any atom is -0.396 e. The van der Waals surface area contributed by atoms with Crippen LogP contribution in [0.2, 0.25) is 0 Å². The van der Waals surface area contributed by atoms with Crippen LogP contribution in [0.15, 0.2) is 21.5 Å². The summed E-state index contributed by atoms with van der Waals surface area (Å²) in [7, 11) is -2.11. The Morgan fingerprint density at radius 1 is 1.48 bits per heavy atom. The highest BCUT2D eigenvalue weighted by Crippen LogP contribution is 2.48. The minimum atomic E-state index is -3.73. The zero-order valence-electron chi connectivity index (χ0n) is 11.7. The Bertz CT molecular complexity index is 633. The molecule has 2 rings (SSSR count). The van der Waals surface area contributed by atoms with Crippen LogP contribution in [0, 0.1) is 11.2 Å². The molecule has 1 aliphatic carbocycles. The maximum atomic E-state index is 13.3. The fourth-order valence-electron chi connectivity index (χ4n) is 2.09. The lowest BCUT2D eigenvalue weighted by molar-refractivity contribution is 0.173. The standard InChI is InChI=1S/C13H18BrFN2O3S/c1-20-5-4-13(2-3-13)8-17-21(18,19)12-7-11(16)10(15)6-9(12)14/h6-7,17H,2-5,8,16H2,1H3. The summed E-state index contributed by atoms with van der Waals surface area (Å²) in [4.78, 5) is -0.0519. The van der Waals surface area contributed by atoms with Gasteiger partial charge in [-0.05, 0) is 52.7 Å². The molecule has 3 N–H and O–H groups in total. The van der Waals surface area contributed by atoms with Crippen LogP contribution in [0.3, 0.4) is 0 Å². The third-order valence-electron chi connectivity index (χ3n) is 3.77. The highest BCUT2D eigenvalue weighted by molar-refractivity contribution is 9.10. The van der Waals surface area contributed by atoms with Gasteiger partial charge in [-0.15, -0.1) is 0 Å². The smallest absolute Gasteiger partial charge is 0.241 e. The molecule has 0 spiro atoms. The van der Waals surface area contributed by atoms with E-state index in [1.165, 1.54) is 0 Å². The van der Waals surface area contributed by atoms with Crippen LogP contribution in [0.1, 0.15) is 19.3 Å². The number of nitrogen functional groups attached to an aromatic ring is 1. The normalized spacial score (nSPS) is 16.9. The van der Waals surface area contributed by atoms with E-state index >= 15 is 0 Å². The first-order chi connectivity index (χ1) is 9.80. The average molecular weight is 381 g/mol. The first-order valence-electron chi connectivity index (χ1n) is 6.53. The SMILES string of the molecule is COCCC1(CNS(=O)(=O)c2cc(N)c(F)cc2Br)CC1. The molecule has 1 aromatic carbocycles. The minimum absolute atomic E-state index is 0.0128. The fourth-order valence-corrected chi connectivity index (χ4v) is 4.29. The lowest BCUT2D eigenvalue weighted by atomic mass is 10.0. The number of anilines is 1. The van der Waals surface area contributed by atoms with Crippen molar-refractivity contribution in [3.8, 4) is 0 Å². The van der Waals surface area contributed by atoms with Gasteiger partial charge in [0.05, 0.1) is 10.6 Å². The van der Waals surface area contributed by atoms with Crippen LogP contribution >= 0.6 is 15.9 Å². The van der Waals surface area contributed by atoms with Crippen molar-refractivity contribution in [2.24, 2.45) is 5.41 Å². The van der Waals surface area contributed by atoms with Gasteiger partial charge in [0, 0.05) is 24.7 Å². The van der Waals surface area contributed by atoms with Gasteiger partial charge in [0.2, 0.25) is 10.0 Å². The zero-order valence-corrected chi connectivity index (χ0v) is 14.1. The van der Waals surface area contributed by atoms with Gasteiger partial charge in [0.15, 0.2) is 0 Å². The van der Waals surface area contributed by atoms with Gasteiger partial charge in [0.25, 0.3) is 0 Å². The third-order valence-corrected chi connectivity index (χ3v) is 6.13. The number of sulfonamides is 1. The van der Waals surface area contributed by atoms with Gasteiger partial charge < -0.3 is 10.5 Å². The van der Waals surface area contributed by atoms with Crippen molar-refractivity contribution in [3.63, 3.8) is 0 Å². The van der Waals surface area contributed by atoms with Crippen LogP contribution in [0.25, 0.3) is 0 Å². The number of ether oxygens (including phenoxy) is 1. The zero-order chi connectivity index (χ0) is 15.7. The molecule has 0 bridgehead atoms. The number of rotatable bonds is 7. The molecule has 0 radical (unpaired) electrons. The van der Waals surface area contributed by atoms with Crippen molar-refractivity contribution in [3.05, 3.63) is 22.4 Å². The van der Waals surface area contributed by atoms with E-state index < -0.39 is 15.8 Å². The second-order valence-electron chi connectivity index (χ2n) is 5.37. The molecule has 0 saturated heterocycles. The molecule has 21 heavy (non-hydrogen) atoms. The molecule has 5 nitrogen and oxygen atoms in total. The van der Waals surface area contributed by atoms with Crippen LogP contribution in [-0.2, 0) is 14.8 Å². The molecule has 0 aromatic heterocycles. The molecule has 118 valence electrons. The van der Waals surface area contributed by atoms with Gasteiger partial charge in [-0.2, -0.15) is 0 Å². The predicted molar refractivity (Wildman–Crippen MR) is 81.9 cm³/mol. The van der Waals surface area contributed by atoms with Crippen molar-refractivity contribution in [2.45, 2.75) is 24.2 Å². The largest absolute Gasteiger partial charge is 0.396 e. The van der Waals surface area contributed by atoms with Crippen molar-refractivity contribution in [2.75, 3.05) is 26.0 Å². The van der Waals surface area contributed by atoms with Gasteiger partial charge >= 0.3 is 0 Å². The summed E-state index contributed by atoms with van der Waals surface area (Å²) in [5.41, 5.74) is 5.23. The Hall–Kier alpha value is -0.700. The summed E-state index contributed by atoms with van der Waals surface area (Å²) in [6.45, 7) is 0.956. The van der Waals surface area contributed by atoms with E-state index in [4.69, 9.17) is 10.5 Å². The van der Waals surface area contributed by atoms with Crippen LogP contribution < -0.4 is 10.5 Å². The number of hydrogen-bond acceptors (Lipinski definition) is 4. The van der Waals surface area contributed by atoms with E-state index in [1.807, 2.05) is 0 Å². The van der Waals surface area contributed by atoms with Gasteiger partial charge in [-0.1, -0.05) is 0 Å². The predicted octanol–water partition coefficient (Wildman–Crippen LogP) is 2.27. The summed E-state index contributed by atoms with van der Waals surface area (Å²) in [5.74, 6) is -0.653. The van der Waals surface area contributed by atoms with Crippen LogP contribution in [0.5, 0.6) is 0 Å². The van der Waals surface area contributed by atoms with Gasteiger partial charge in [-0.3, -0.25) is 0 Å². The summed E-state index contributed by atoms with van der Waals surface area (Å²) in [5, 5.41) is 0. The van der Waals surface area contributed by atoms with Gasteiger partial charge in [-0.25, -0.2) is 17.5 Å². The van der Waals surface area contributed by atoms with Crippen molar-refractivity contribution in [1.82, 2.24) is 4.72 Å². The Morgan fingerprint density at radius 3 is 2.71 bits per heavy atom. The molecule has 1 fully saturated rings. The van der Waals surface area contributed by atoms with E-state index in [-0.39, 0.29) is 20.5 Å². The van der Waals surface area contributed by atoms with Crippen LogP contribution in [0.4, 0.5) is 10.1 Å². The Morgan fingerprint density at radius 2 is 2.14 bits per heavy atom. The highest BCUT2D eigenvalue weighted by atomic mass is 79.9. The number of benzene rings is 1. The molecular formula is C13H18BrFN2O3S. The number of nitrogens with one attached hydrogen (secondary N) is 1. The number of nitrogens with two attached hydrogens (primary N) is 1. The molecule has 1 saturated carbocycles. The summed E-state index contributed by atoms with van der Waals surface area (Å²) in [6.07, 6.45) is 2.77. The number of hydrogen-bond donors (Lipinski definition) is 2. The first kappa shape index (κ1) is 16.7. The summed E-state index contributed by atoms with van der Waals surface area (Å²) in [6, 6.07) is 2.18. The molecule has 0 atom stereocenters. The molecule has 0 heterocycles. The average Bonchev–Trinajstić information content (AvgIpc) is 3.19. The lowest BCUT2D eigenvalue weighted by Gasteiger charge is -2.16. The lowest BCUT2D eigenvalue weighted by Crippen LogP contribution is -2.31. The first-order valence-corrected chi connectivity index (χ1v) is 8.80. The maximum Gasteiger partial charge on any atom is 0.241 e. The Kier molecular flexibility index (Phi) is 4.92. The second-order valence-corrected chi connectivity index (χ2v) is 7.96. The molecule has 0 aliphatic heterocycles. The van der Waals surface area contributed by atoms with Crippen LogP contribution in [-0.4, -0.2) is 28.7 Å². The molecule has 8 heteroatoms. The third kappa shape index (κ3) is 3.94. The van der Waals surface area contributed by atoms with Crippen molar-refractivity contribution < 1.29 is 17.5 Å². The molecular weight excluding hydrogens is 363 g/mol. The van der Waals surface area contributed by atoms with E-state index in [0.717, 1.165) is 31.4 Å². The monoisotopic (exact) mass is 380 g/mol. The number of halogens is 2. The van der Waals surface area contributed by atoms with E-state index in [1.54, 1.807) is 7.11 Å². The fraction of sp³-hybridized carbons (Fsp3) is 0.538. The Labute approximate surface area is 132 Å². The summed E-state index contributed by atoms with van der Waals surface area (Å²) < 4.78 is 45.7. The molecule has 0 amide bonds. The highest BCUT2D eigenvalue weighted by Gasteiger charge is 2.42. The van der Waals surface area contributed by atoms with Crippen molar-refractivity contribution >= 4 is 31.6 Å². The van der Waals surface area contributed by atoms with E-state index in [2.05, 4.69) is 20.7 Å². The topological polar surface area (TPSA) is 81.4 Å². The summed E-state index contributed by atoms with van der Waals surface area (Å²) >= 11 is 3.06. The van der Waals surface area contributed by atoms with Crippen molar-refractivity contribution in [1.29, 1.82) is 0 Å². The molecule has 0 unspecified atom stereocenters. The Balaban J connectivity index is 2.11. The quantitative estimate of drug-likeness (QED) is 0.710. The second kappa shape index (κ2) is 6.20. The molecule has 1 aromatic rings. The molecule has 1 aliphatic rings. The van der Waals surface area contributed by atoms with Gasteiger partial charge in [0.1, 0.15) is 5.82 Å². The van der Waals surface area contributed by atoms with E-state index in [9.17, 15) is 12.8 Å².